The van der Waals surface area contributed by atoms with Gasteiger partial charge in [0.25, 0.3) is 0 Å². The highest BCUT2D eigenvalue weighted by Crippen LogP contribution is 2.25. The van der Waals surface area contributed by atoms with Gasteiger partial charge in [-0.3, -0.25) is 4.79 Å². The van der Waals surface area contributed by atoms with Crippen molar-refractivity contribution < 1.29 is 9.21 Å². The number of nitrogens with one attached hydrogen (secondary N) is 1. The summed E-state index contributed by atoms with van der Waals surface area (Å²) in [5.74, 6) is 1.57. The first-order valence-corrected chi connectivity index (χ1v) is 9.38. The van der Waals surface area contributed by atoms with E-state index in [9.17, 15) is 4.79 Å². The van der Waals surface area contributed by atoms with Gasteiger partial charge in [0.05, 0.1) is 12.1 Å². The first-order chi connectivity index (χ1) is 12.5. The number of thiazole rings is 1. The predicted octanol–water partition coefficient (Wildman–Crippen LogP) is 3.63. The molecule has 1 N–H and O–H groups in total. The Morgan fingerprint density at radius 1 is 1.23 bits per heavy atom. The molecule has 0 radical (unpaired) electrons. The van der Waals surface area contributed by atoms with Crippen molar-refractivity contribution in [1.82, 2.24) is 15.2 Å². The maximum atomic E-state index is 12.2. The Hall–Kier alpha value is -2.44. The number of amides is 1. The van der Waals surface area contributed by atoms with Crippen LogP contribution in [-0.2, 0) is 24.3 Å². The zero-order valence-electron chi connectivity index (χ0n) is 15.3. The van der Waals surface area contributed by atoms with E-state index in [4.69, 9.17) is 4.42 Å². The molecule has 0 aliphatic carbocycles. The van der Waals surface area contributed by atoms with Gasteiger partial charge in [-0.25, -0.2) is 4.98 Å². The summed E-state index contributed by atoms with van der Waals surface area (Å²) in [5.41, 5.74) is 3.10. The number of furan rings is 1. The summed E-state index contributed by atoms with van der Waals surface area (Å²) in [6.45, 7) is 3.31. The molecular formula is C20H23N3O2S. The van der Waals surface area contributed by atoms with Gasteiger partial charge in [-0.1, -0.05) is 24.3 Å². The summed E-state index contributed by atoms with van der Waals surface area (Å²) in [6.07, 6.45) is 0.271. The van der Waals surface area contributed by atoms with Crippen LogP contribution in [0.2, 0.25) is 0 Å². The highest BCUT2D eigenvalue weighted by Gasteiger charge is 2.11. The van der Waals surface area contributed by atoms with Gasteiger partial charge < -0.3 is 14.6 Å². The van der Waals surface area contributed by atoms with Crippen LogP contribution in [0.4, 0.5) is 0 Å². The SMILES string of the molecule is Cc1ccc(-c2nc(CC(=O)NCc3cccc(CN(C)C)c3)cs2)o1. The van der Waals surface area contributed by atoms with Crippen molar-refractivity contribution in [2.45, 2.75) is 26.4 Å². The van der Waals surface area contributed by atoms with Gasteiger partial charge in [-0.2, -0.15) is 0 Å². The second kappa shape index (κ2) is 8.29. The number of carbonyl (C=O) groups excluding carboxylic acids is 1. The van der Waals surface area contributed by atoms with E-state index >= 15 is 0 Å². The average Bonchev–Trinajstić information content (AvgIpc) is 3.21. The second-order valence-corrected chi connectivity index (χ2v) is 7.42. The first kappa shape index (κ1) is 18.4. The minimum absolute atomic E-state index is 0.0320. The smallest absolute Gasteiger partial charge is 0.226 e. The van der Waals surface area contributed by atoms with E-state index in [1.807, 2.05) is 50.7 Å². The second-order valence-electron chi connectivity index (χ2n) is 6.57. The molecule has 0 spiro atoms. The topological polar surface area (TPSA) is 58.4 Å². The molecule has 1 aromatic carbocycles. The van der Waals surface area contributed by atoms with E-state index in [0.717, 1.165) is 34.3 Å². The minimum atomic E-state index is -0.0320. The maximum Gasteiger partial charge on any atom is 0.226 e. The van der Waals surface area contributed by atoms with Crippen LogP contribution in [0.25, 0.3) is 10.8 Å². The number of hydrogen-bond acceptors (Lipinski definition) is 5. The highest BCUT2D eigenvalue weighted by molar-refractivity contribution is 7.13. The summed E-state index contributed by atoms with van der Waals surface area (Å²) < 4.78 is 5.58. The van der Waals surface area contributed by atoms with E-state index in [0.29, 0.717) is 6.54 Å². The Morgan fingerprint density at radius 2 is 2.04 bits per heavy atom. The molecule has 26 heavy (non-hydrogen) atoms. The third-order valence-electron chi connectivity index (χ3n) is 3.82. The van der Waals surface area contributed by atoms with Crippen LogP contribution in [0.3, 0.4) is 0 Å². The van der Waals surface area contributed by atoms with Gasteiger partial charge in [0, 0.05) is 18.5 Å². The lowest BCUT2D eigenvalue weighted by Gasteiger charge is -2.11. The number of nitrogens with zero attached hydrogens (tertiary/aromatic N) is 2. The van der Waals surface area contributed by atoms with Crippen molar-refractivity contribution in [2.75, 3.05) is 14.1 Å². The standard InChI is InChI=1S/C20H23N3O2S/c1-14-7-8-18(25-14)20-22-17(13-26-20)10-19(24)21-11-15-5-4-6-16(9-15)12-23(2)3/h4-9,13H,10-12H2,1-3H3,(H,21,24). The van der Waals surface area contributed by atoms with Crippen LogP contribution in [0.5, 0.6) is 0 Å². The molecule has 0 bridgehead atoms. The van der Waals surface area contributed by atoms with E-state index in [1.165, 1.54) is 16.9 Å². The lowest BCUT2D eigenvalue weighted by atomic mass is 10.1. The van der Waals surface area contributed by atoms with Crippen molar-refractivity contribution in [3.8, 4) is 10.8 Å². The van der Waals surface area contributed by atoms with Crippen LogP contribution < -0.4 is 5.32 Å². The first-order valence-electron chi connectivity index (χ1n) is 8.50. The Balaban J connectivity index is 1.54. The third-order valence-corrected chi connectivity index (χ3v) is 4.73. The van der Waals surface area contributed by atoms with E-state index in [2.05, 4.69) is 27.3 Å². The van der Waals surface area contributed by atoms with Crippen molar-refractivity contribution in [3.63, 3.8) is 0 Å². The largest absolute Gasteiger partial charge is 0.459 e. The molecular weight excluding hydrogens is 346 g/mol. The molecule has 0 atom stereocenters. The number of carbonyl (C=O) groups is 1. The quantitative estimate of drug-likeness (QED) is 0.691. The molecule has 3 rings (SSSR count). The fourth-order valence-electron chi connectivity index (χ4n) is 2.68. The van der Waals surface area contributed by atoms with Crippen LogP contribution in [0.15, 0.2) is 46.2 Å². The zero-order valence-corrected chi connectivity index (χ0v) is 16.1. The summed E-state index contributed by atoms with van der Waals surface area (Å²) in [7, 11) is 4.08. The summed E-state index contributed by atoms with van der Waals surface area (Å²) in [6, 6.07) is 12.1. The van der Waals surface area contributed by atoms with Crippen molar-refractivity contribution >= 4 is 17.2 Å². The number of aromatic nitrogens is 1. The third kappa shape index (κ3) is 5.03. The molecule has 6 heteroatoms. The molecule has 3 aromatic rings. The van der Waals surface area contributed by atoms with Gasteiger partial charge in [0.2, 0.25) is 5.91 Å². The maximum absolute atomic E-state index is 12.2. The summed E-state index contributed by atoms with van der Waals surface area (Å²) >= 11 is 1.49. The molecule has 136 valence electrons. The number of aryl methyl sites for hydroxylation is 1. The van der Waals surface area contributed by atoms with Gasteiger partial charge in [0.15, 0.2) is 10.8 Å². The number of hydrogen-bond donors (Lipinski definition) is 1. The van der Waals surface area contributed by atoms with Crippen LogP contribution in [0.1, 0.15) is 22.6 Å². The fraction of sp³-hybridized carbons (Fsp3) is 0.300. The zero-order chi connectivity index (χ0) is 18.5. The molecule has 0 saturated heterocycles. The molecule has 0 aliphatic heterocycles. The Labute approximate surface area is 157 Å². The van der Waals surface area contributed by atoms with Crippen molar-refractivity contribution in [2.24, 2.45) is 0 Å². The minimum Gasteiger partial charge on any atom is -0.459 e. The molecule has 1 amide bonds. The summed E-state index contributed by atoms with van der Waals surface area (Å²) in [5, 5.41) is 5.68. The Bertz CT molecular complexity index is 883. The number of benzene rings is 1. The van der Waals surface area contributed by atoms with Crippen LogP contribution >= 0.6 is 11.3 Å². The van der Waals surface area contributed by atoms with Gasteiger partial charge >= 0.3 is 0 Å². The molecule has 0 aliphatic rings. The van der Waals surface area contributed by atoms with Crippen molar-refractivity contribution in [1.29, 1.82) is 0 Å². The molecule has 5 nitrogen and oxygen atoms in total. The average molecular weight is 369 g/mol. The van der Waals surface area contributed by atoms with Gasteiger partial charge in [0.1, 0.15) is 5.76 Å². The van der Waals surface area contributed by atoms with Crippen molar-refractivity contribution in [3.05, 3.63) is 64.4 Å². The molecule has 2 heterocycles. The molecule has 2 aromatic heterocycles. The normalized spacial score (nSPS) is 11.1. The van der Waals surface area contributed by atoms with E-state index in [-0.39, 0.29) is 12.3 Å². The lowest BCUT2D eigenvalue weighted by molar-refractivity contribution is -0.120. The van der Waals surface area contributed by atoms with Crippen LogP contribution in [-0.4, -0.2) is 29.9 Å². The predicted molar refractivity (Wildman–Crippen MR) is 104 cm³/mol. The highest BCUT2D eigenvalue weighted by atomic mass is 32.1. The monoisotopic (exact) mass is 369 g/mol. The van der Waals surface area contributed by atoms with Crippen LogP contribution in [0, 0.1) is 6.92 Å². The lowest BCUT2D eigenvalue weighted by Crippen LogP contribution is -2.24. The van der Waals surface area contributed by atoms with E-state index in [1.54, 1.807) is 0 Å². The van der Waals surface area contributed by atoms with Gasteiger partial charge in [-0.05, 0) is 44.3 Å². The molecule has 0 fully saturated rings. The van der Waals surface area contributed by atoms with E-state index < -0.39 is 0 Å². The molecule has 0 saturated carbocycles. The Kier molecular flexibility index (Phi) is 5.85. The molecule has 0 unspecified atom stereocenters. The Morgan fingerprint density at radius 3 is 2.77 bits per heavy atom. The number of rotatable bonds is 7. The van der Waals surface area contributed by atoms with Gasteiger partial charge in [-0.15, -0.1) is 11.3 Å². The fourth-order valence-corrected chi connectivity index (χ4v) is 3.46. The summed E-state index contributed by atoms with van der Waals surface area (Å²) in [4.78, 5) is 18.8.